The van der Waals surface area contributed by atoms with Gasteiger partial charge in [0.2, 0.25) is 0 Å². The smallest absolute Gasteiger partial charge is 0.271 e. The van der Waals surface area contributed by atoms with Gasteiger partial charge in [-0.3, -0.25) is 10.1 Å². The fraction of sp³-hybridized carbons (Fsp3) is 0.600. The summed E-state index contributed by atoms with van der Waals surface area (Å²) >= 11 is 0. The Morgan fingerprint density at radius 1 is 1.50 bits per heavy atom. The summed E-state index contributed by atoms with van der Waals surface area (Å²) in [5, 5.41) is 14.4. The minimum Gasteiger partial charge on any atom is -0.367 e. The minimum atomic E-state index is -0.313. The molecule has 2 rings (SSSR count). The van der Waals surface area contributed by atoms with E-state index in [1.54, 1.807) is 12.1 Å². The van der Waals surface area contributed by atoms with E-state index in [4.69, 9.17) is 0 Å². The van der Waals surface area contributed by atoms with Crippen LogP contribution in [0.5, 0.6) is 0 Å². The summed E-state index contributed by atoms with van der Waals surface area (Å²) in [5.41, 5.74) is 2.29. The van der Waals surface area contributed by atoms with Crippen molar-refractivity contribution in [1.29, 1.82) is 0 Å². The molecule has 110 valence electrons. The highest BCUT2D eigenvalue weighted by Crippen LogP contribution is 2.28. The highest BCUT2D eigenvalue weighted by molar-refractivity contribution is 5.59. The van der Waals surface area contributed by atoms with Gasteiger partial charge in [0, 0.05) is 37.0 Å². The van der Waals surface area contributed by atoms with Gasteiger partial charge in [-0.1, -0.05) is 13.0 Å². The Morgan fingerprint density at radius 2 is 2.30 bits per heavy atom. The average molecular weight is 277 g/mol. The maximum absolute atomic E-state index is 11.0. The van der Waals surface area contributed by atoms with Gasteiger partial charge in [-0.05, 0) is 38.3 Å². The van der Waals surface area contributed by atoms with E-state index in [-0.39, 0.29) is 10.6 Å². The minimum absolute atomic E-state index is 0.176. The number of nitrogens with zero attached hydrogens (tertiary/aromatic N) is 2. The first-order valence-electron chi connectivity index (χ1n) is 7.36. The van der Waals surface area contributed by atoms with Gasteiger partial charge in [0.15, 0.2) is 0 Å². The van der Waals surface area contributed by atoms with Crippen LogP contribution in [-0.2, 0) is 0 Å². The molecule has 20 heavy (non-hydrogen) atoms. The van der Waals surface area contributed by atoms with Crippen LogP contribution in [0.3, 0.4) is 0 Å². The number of benzene rings is 1. The lowest BCUT2D eigenvalue weighted by Crippen LogP contribution is -2.46. The number of anilines is 1. The molecular weight excluding hydrogens is 254 g/mol. The third kappa shape index (κ3) is 3.28. The monoisotopic (exact) mass is 277 g/mol. The number of hydrogen-bond donors (Lipinski definition) is 1. The van der Waals surface area contributed by atoms with E-state index < -0.39 is 0 Å². The summed E-state index contributed by atoms with van der Waals surface area (Å²) in [4.78, 5) is 13.0. The fourth-order valence-electron chi connectivity index (χ4n) is 2.86. The summed E-state index contributed by atoms with van der Waals surface area (Å²) in [6.45, 7) is 7.15. The lowest BCUT2D eigenvalue weighted by Gasteiger charge is -2.37. The molecular formula is C15H23N3O2. The molecule has 1 aliphatic rings. The molecule has 1 saturated heterocycles. The number of nitrogens with one attached hydrogen (secondary N) is 1. The third-order valence-electron chi connectivity index (χ3n) is 3.89. The van der Waals surface area contributed by atoms with Gasteiger partial charge in [0.05, 0.1) is 4.92 Å². The predicted octanol–water partition coefficient (Wildman–Crippen LogP) is 2.87. The Morgan fingerprint density at radius 3 is 2.90 bits per heavy atom. The summed E-state index contributed by atoms with van der Waals surface area (Å²) in [6.07, 6.45) is 3.35. The lowest BCUT2D eigenvalue weighted by atomic mass is 10.0. The molecule has 1 aliphatic heterocycles. The number of nitro benzene ring substituents is 1. The Balaban J connectivity index is 2.31. The number of hydrogen-bond acceptors (Lipinski definition) is 4. The standard InChI is InChI=1S/C15H23N3O2/c1-3-9-17(14-5-4-8-16-11-14)15-10-13(18(19)20)7-6-12(15)2/h6-7,10,14,16H,3-5,8-9,11H2,1-2H3. The lowest BCUT2D eigenvalue weighted by molar-refractivity contribution is -0.384. The molecule has 0 amide bonds. The van der Waals surface area contributed by atoms with Gasteiger partial charge in [-0.2, -0.15) is 0 Å². The van der Waals surface area contributed by atoms with E-state index in [9.17, 15) is 10.1 Å². The summed E-state index contributed by atoms with van der Waals surface area (Å²) in [5.74, 6) is 0. The van der Waals surface area contributed by atoms with Crippen LogP contribution in [0.25, 0.3) is 0 Å². The molecule has 1 aromatic rings. The first-order valence-corrected chi connectivity index (χ1v) is 7.36. The molecule has 0 bridgehead atoms. The highest BCUT2D eigenvalue weighted by Gasteiger charge is 2.23. The maximum Gasteiger partial charge on any atom is 0.271 e. The van der Waals surface area contributed by atoms with E-state index in [0.29, 0.717) is 6.04 Å². The van der Waals surface area contributed by atoms with Gasteiger partial charge >= 0.3 is 0 Å². The summed E-state index contributed by atoms with van der Waals surface area (Å²) in [6, 6.07) is 5.60. The Bertz CT molecular complexity index is 470. The molecule has 1 heterocycles. The first kappa shape index (κ1) is 14.8. The highest BCUT2D eigenvalue weighted by atomic mass is 16.6. The van der Waals surface area contributed by atoms with Gasteiger partial charge < -0.3 is 10.2 Å². The SMILES string of the molecule is CCCN(c1cc([N+](=O)[O-])ccc1C)C1CCCNC1. The van der Waals surface area contributed by atoms with Gasteiger partial charge in [-0.15, -0.1) is 0 Å². The molecule has 1 N–H and O–H groups in total. The molecule has 0 aromatic heterocycles. The molecule has 5 heteroatoms. The summed E-state index contributed by atoms with van der Waals surface area (Å²) < 4.78 is 0. The Labute approximate surface area is 120 Å². The van der Waals surface area contributed by atoms with Gasteiger partial charge in [-0.25, -0.2) is 0 Å². The van der Waals surface area contributed by atoms with Crippen LogP contribution >= 0.6 is 0 Å². The van der Waals surface area contributed by atoms with Gasteiger partial charge in [0.25, 0.3) is 5.69 Å². The van der Waals surface area contributed by atoms with Crippen LogP contribution in [0, 0.1) is 17.0 Å². The molecule has 1 aromatic carbocycles. The first-order chi connectivity index (χ1) is 9.63. The fourth-order valence-corrected chi connectivity index (χ4v) is 2.86. The van der Waals surface area contributed by atoms with Crippen molar-refractivity contribution >= 4 is 11.4 Å². The largest absolute Gasteiger partial charge is 0.367 e. The molecule has 1 atom stereocenters. The average Bonchev–Trinajstić information content (AvgIpc) is 2.46. The van der Waals surface area contributed by atoms with Crippen LogP contribution in [0.2, 0.25) is 0 Å². The van der Waals surface area contributed by atoms with Crippen LogP contribution in [0.15, 0.2) is 18.2 Å². The molecule has 0 spiro atoms. The van der Waals surface area contributed by atoms with Crippen molar-refractivity contribution < 1.29 is 4.92 Å². The van der Waals surface area contributed by atoms with E-state index in [2.05, 4.69) is 17.1 Å². The van der Waals surface area contributed by atoms with Crippen LogP contribution < -0.4 is 10.2 Å². The Kier molecular flexibility index (Phi) is 4.95. The van der Waals surface area contributed by atoms with Crippen molar-refractivity contribution in [2.45, 2.75) is 39.2 Å². The Hall–Kier alpha value is -1.62. The van der Waals surface area contributed by atoms with Crippen LogP contribution in [0.1, 0.15) is 31.7 Å². The van der Waals surface area contributed by atoms with Crippen molar-refractivity contribution in [3.8, 4) is 0 Å². The van der Waals surface area contributed by atoms with Gasteiger partial charge in [0.1, 0.15) is 0 Å². The molecule has 1 unspecified atom stereocenters. The predicted molar refractivity (Wildman–Crippen MR) is 81.4 cm³/mol. The second-order valence-corrected chi connectivity index (χ2v) is 5.42. The van der Waals surface area contributed by atoms with E-state index in [1.807, 2.05) is 13.0 Å². The van der Waals surface area contributed by atoms with E-state index in [1.165, 1.54) is 6.42 Å². The third-order valence-corrected chi connectivity index (χ3v) is 3.89. The number of non-ortho nitro benzene ring substituents is 1. The topological polar surface area (TPSA) is 58.4 Å². The number of piperidine rings is 1. The van der Waals surface area contributed by atoms with E-state index in [0.717, 1.165) is 43.7 Å². The molecule has 0 saturated carbocycles. The quantitative estimate of drug-likeness (QED) is 0.664. The number of aryl methyl sites for hydroxylation is 1. The van der Waals surface area contributed by atoms with Crippen LogP contribution in [-0.4, -0.2) is 30.6 Å². The normalized spacial score (nSPS) is 18.8. The second-order valence-electron chi connectivity index (χ2n) is 5.42. The second kappa shape index (κ2) is 6.70. The molecule has 5 nitrogen and oxygen atoms in total. The number of nitro groups is 1. The number of rotatable bonds is 5. The van der Waals surface area contributed by atoms with Crippen molar-refractivity contribution in [1.82, 2.24) is 5.32 Å². The molecule has 0 radical (unpaired) electrons. The van der Waals surface area contributed by atoms with E-state index >= 15 is 0 Å². The summed E-state index contributed by atoms with van der Waals surface area (Å²) in [7, 11) is 0. The zero-order valence-corrected chi connectivity index (χ0v) is 12.3. The van der Waals surface area contributed by atoms with Crippen molar-refractivity contribution in [3.05, 3.63) is 33.9 Å². The zero-order chi connectivity index (χ0) is 14.5. The maximum atomic E-state index is 11.0. The van der Waals surface area contributed by atoms with Crippen LogP contribution in [0.4, 0.5) is 11.4 Å². The van der Waals surface area contributed by atoms with Crippen molar-refractivity contribution in [2.24, 2.45) is 0 Å². The zero-order valence-electron chi connectivity index (χ0n) is 12.3. The van der Waals surface area contributed by atoms with Crippen molar-refractivity contribution in [2.75, 3.05) is 24.5 Å². The molecule has 1 fully saturated rings. The molecule has 0 aliphatic carbocycles. The van der Waals surface area contributed by atoms with Crippen molar-refractivity contribution in [3.63, 3.8) is 0 Å².